The van der Waals surface area contributed by atoms with Gasteiger partial charge in [-0.15, -0.1) is 0 Å². The van der Waals surface area contributed by atoms with Crippen LogP contribution in [-0.2, 0) is 9.53 Å². The van der Waals surface area contributed by atoms with E-state index in [2.05, 4.69) is 17.6 Å². The largest absolute Gasteiger partial charge is 0.383 e. The maximum atomic E-state index is 11.6. The first-order valence-electron chi connectivity index (χ1n) is 6.61. The Morgan fingerprint density at radius 2 is 2.18 bits per heavy atom. The summed E-state index contributed by atoms with van der Waals surface area (Å²) in [5.41, 5.74) is 0.507. The fourth-order valence-electron chi connectivity index (χ4n) is 2.28. The van der Waals surface area contributed by atoms with Crippen molar-refractivity contribution in [2.24, 2.45) is 5.41 Å². The molecule has 1 unspecified atom stereocenters. The summed E-state index contributed by atoms with van der Waals surface area (Å²) in [5, 5.41) is 6.16. The van der Waals surface area contributed by atoms with Gasteiger partial charge in [0.1, 0.15) is 0 Å². The van der Waals surface area contributed by atoms with Crippen molar-refractivity contribution in [1.82, 2.24) is 10.6 Å². The molecule has 17 heavy (non-hydrogen) atoms. The Bertz CT molecular complexity index is 240. The summed E-state index contributed by atoms with van der Waals surface area (Å²) in [7, 11) is 1.64. The zero-order valence-electron chi connectivity index (χ0n) is 11.3. The predicted octanol–water partition coefficient (Wildman–Crippen LogP) is 1.31. The van der Waals surface area contributed by atoms with E-state index < -0.39 is 0 Å². The van der Waals surface area contributed by atoms with Gasteiger partial charge >= 0.3 is 0 Å². The second kappa shape index (κ2) is 6.97. The van der Waals surface area contributed by atoms with Crippen molar-refractivity contribution in [1.29, 1.82) is 0 Å². The lowest BCUT2D eigenvalue weighted by Gasteiger charge is -2.16. The predicted molar refractivity (Wildman–Crippen MR) is 68.9 cm³/mol. The van der Waals surface area contributed by atoms with Gasteiger partial charge in [0.15, 0.2) is 0 Å². The molecule has 0 spiro atoms. The Balaban J connectivity index is 2.08. The van der Waals surface area contributed by atoms with E-state index in [-0.39, 0.29) is 11.9 Å². The van der Waals surface area contributed by atoms with Crippen molar-refractivity contribution >= 4 is 5.91 Å². The van der Waals surface area contributed by atoms with Crippen LogP contribution in [0.3, 0.4) is 0 Å². The van der Waals surface area contributed by atoms with Crippen LogP contribution in [0.1, 0.15) is 39.5 Å². The molecule has 4 nitrogen and oxygen atoms in total. The third kappa shape index (κ3) is 5.50. The Morgan fingerprint density at radius 1 is 1.47 bits per heavy atom. The summed E-state index contributed by atoms with van der Waals surface area (Å²) in [6.45, 7) is 6.12. The smallest absolute Gasteiger partial charge is 0.234 e. The molecule has 0 radical (unpaired) electrons. The molecule has 0 aliphatic heterocycles. The molecule has 0 saturated heterocycles. The van der Waals surface area contributed by atoms with Gasteiger partial charge in [-0.2, -0.15) is 0 Å². The fourth-order valence-corrected chi connectivity index (χ4v) is 2.28. The molecule has 1 fully saturated rings. The number of hydrogen-bond donors (Lipinski definition) is 2. The van der Waals surface area contributed by atoms with Gasteiger partial charge < -0.3 is 15.4 Å². The van der Waals surface area contributed by atoms with Gasteiger partial charge in [0.25, 0.3) is 0 Å². The molecule has 1 aliphatic rings. The van der Waals surface area contributed by atoms with E-state index >= 15 is 0 Å². The number of ether oxygens (including phenoxy) is 1. The molecule has 0 aromatic heterocycles. The van der Waals surface area contributed by atoms with Crippen LogP contribution in [0.4, 0.5) is 0 Å². The highest BCUT2D eigenvalue weighted by molar-refractivity contribution is 5.78. The molecule has 0 aromatic rings. The average molecular weight is 242 g/mol. The van der Waals surface area contributed by atoms with Crippen LogP contribution in [0.25, 0.3) is 0 Å². The van der Waals surface area contributed by atoms with E-state index in [0.29, 0.717) is 18.6 Å². The van der Waals surface area contributed by atoms with Gasteiger partial charge in [-0.3, -0.25) is 4.79 Å². The third-order valence-corrected chi connectivity index (χ3v) is 3.35. The maximum Gasteiger partial charge on any atom is 0.234 e. The first-order valence-corrected chi connectivity index (χ1v) is 6.61. The Kier molecular flexibility index (Phi) is 5.92. The molecule has 1 rings (SSSR count). The van der Waals surface area contributed by atoms with Crippen molar-refractivity contribution in [2.45, 2.75) is 45.6 Å². The minimum absolute atomic E-state index is 0.0573. The van der Waals surface area contributed by atoms with Gasteiger partial charge in [0.2, 0.25) is 5.91 Å². The fraction of sp³-hybridized carbons (Fsp3) is 0.923. The van der Waals surface area contributed by atoms with Crippen molar-refractivity contribution in [3.63, 3.8) is 0 Å². The Morgan fingerprint density at radius 3 is 2.71 bits per heavy atom. The number of rotatable bonds is 9. The molecular weight excluding hydrogens is 216 g/mol. The number of nitrogens with one attached hydrogen (secondary N) is 2. The van der Waals surface area contributed by atoms with Crippen LogP contribution in [0.2, 0.25) is 0 Å². The topological polar surface area (TPSA) is 50.4 Å². The third-order valence-electron chi connectivity index (χ3n) is 3.35. The van der Waals surface area contributed by atoms with E-state index in [1.165, 1.54) is 25.7 Å². The summed E-state index contributed by atoms with van der Waals surface area (Å²) in [6, 6.07) is 0.0832. The number of methoxy groups -OCH3 is 1. The zero-order chi connectivity index (χ0) is 12.7. The van der Waals surface area contributed by atoms with E-state index in [1.807, 2.05) is 6.92 Å². The van der Waals surface area contributed by atoms with E-state index in [4.69, 9.17) is 4.74 Å². The number of hydrogen-bond acceptors (Lipinski definition) is 3. The lowest BCUT2D eigenvalue weighted by Crippen LogP contribution is -2.42. The monoisotopic (exact) mass is 242 g/mol. The van der Waals surface area contributed by atoms with Gasteiger partial charge in [-0.1, -0.05) is 13.3 Å². The van der Waals surface area contributed by atoms with Crippen molar-refractivity contribution in [3.8, 4) is 0 Å². The molecule has 1 atom stereocenters. The van der Waals surface area contributed by atoms with Crippen molar-refractivity contribution < 1.29 is 9.53 Å². The highest BCUT2D eigenvalue weighted by Gasteiger charge is 2.40. The SMILES string of the molecule is CCCC1(CNCC(=O)NC(C)COC)CC1. The molecule has 4 heteroatoms. The van der Waals surface area contributed by atoms with Gasteiger partial charge in [-0.25, -0.2) is 0 Å². The molecule has 0 aromatic carbocycles. The second-order valence-electron chi connectivity index (χ2n) is 5.28. The quantitative estimate of drug-likeness (QED) is 0.641. The highest BCUT2D eigenvalue weighted by Crippen LogP contribution is 2.48. The normalized spacial score (nSPS) is 18.8. The number of carbonyl (C=O) groups excluding carboxylic acids is 1. The van der Waals surface area contributed by atoms with Crippen LogP contribution in [0.15, 0.2) is 0 Å². The lowest BCUT2D eigenvalue weighted by molar-refractivity contribution is -0.121. The first-order chi connectivity index (χ1) is 8.12. The maximum absolute atomic E-state index is 11.6. The van der Waals surface area contributed by atoms with E-state index in [1.54, 1.807) is 7.11 Å². The molecule has 0 heterocycles. The Labute approximate surface area is 104 Å². The molecular formula is C13H26N2O2. The molecule has 1 aliphatic carbocycles. The average Bonchev–Trinajstić information content (AvgIpc) is 2.99. The Hall–Kier alpha value is -0.610. The van der Waals surface area contributed by atoms with Crippen molar-refractivity contribution in [2.75, 3.05) is 26.8 Å². The molecule has 2 N–H and O–H groups in total. The summed E-state index contributed by atoms with van der Waals surface area (Å²) < 4.78 is 4.97. The zero-order valence-corrected chi connectivity index (χ0v) is 11.3. The second-order valence-corrected chi connectivity index (χ2v) is 5.28. The number of carbonyl (C=O) groups is 1. The van der Waals surface area contributed by atoms with E-state index in [9.17, 15) is 4.79 Å². The summed E-state index contributed by atoms with van der Waals surface area (Å²) in [6.07, 6.45) is 5.14. The van der Waals surface area contributed by atoms with Gasteiger partial charge in [-0.05, 0) is 31.6 Å². The van der Waals surface area contributed by atoms with Crippen LogP contribution >= 0.6 is 0 Å². The van der Waals surface area contributed by atoms with Crippen LogP contribution in [-0.4, -0.2) is 38.8 Å². The summed E-state index contributed by atoms with van der Waals surface area (Å²) >= 11 is 0. The van der Waals surface area contributed by atoms with Crippen LogP contribution < -0.4 is 10.6 Å². The molecule has 1 amide bonds. The van der Waals surface area contributed by atoms with E-state index in [0.717, 1.165) is 6.54 Å². The molecule has 100 valence electrons. The lowest BCUT2D eigenvalue weighted by atomic mass is 10.0. The summed E-state index contributed by atoms with van der Waals surface area (Å²) in [5.74, 6) is 0.0573. The highest BCUT2D eigenvalue weighted by atomic mass is 16.5. The molecule has 1 saturated carbocycles. The van der Waals surface area contributed by atoms with Crippen LogP contribution in [0, 0.1) is 5.41 Å². The minimum atomic E-state index is 0.0573. The number of amides is 1. The summed E-state index contributed by atoms with van der Waals surface area (Å²) in [4.78, 5) is 11.6. The van der Waals surface area contributed by atoms with Gasteiger partial charge in [0.05, 0.1) is 13.2 Å². The van der Waals surface area contributed by atoms with Crippen LogP contribution in [0.5, 0.6) is 0 Å². The van der Waals surface area contributed by atoms with Gasteiger partial charge in [0, 0.05) is 19.7 Å². The molecule has 0 bridgehead atoms. The minimum Gasteiger partial charge on any atom is -0.383 e. The van der Waals surface area contributed by atoms with Crippen molar-refractivity contribution in [3.05, 3.63) is 0 Å². The standard InChI is InChI=1S/C13H26N2O2/c1-4-5-13(6-7-13)10-14-8-12(16)15-11(2)9-17-3/h11,14H,4-10H2,1-3H3,(H,15,16). The first kappa shape index (κ1) is 14.5.